The highest BCUT2D eigenvalue weighted by Crippen LogP contribution is 2.17. The third kappa shape index (κ3) is 6.31. The average molecular weight is 239 g/mol. The van der Waals surface area contributed by atoms with Gasteiger partial charge < -0.3 is 4.43 Å². The summed E-state index contributed by atoms with van der Waals surface area (Å²) in [4.78, 5) is 0. The number of nitriles is 1. The molecule has 0 aliphatic heterocycles. The number of allylic oxidation sites excluding steroid dienone is 2. The van der Waals surface area contributed by atoms with Crippen LogP contribution in [0.1, 0.15) is 0 Å². The Bertz CT molecular complexity index is 313. The SMILES string of the molecule is C=C(/C=C(\C#N)[Si](C)(C)C)O[Si](C)(C)C. The summed E-state index contributed by atoms with van der Waals surface area (Å²) in [5, 5.41) is 9.88. The summed E-state index contributed by atoms with van der Waals surface area (Å²) in [6.07, 6.45) is 1.81. The molecule has 4 heteroatoms. The maximum Gasteiger partial charge on any atom is 0.242 e. The largest absolute Gasteiger partial charge is 0.545 e. The van der Waals surface area contributed by atoms with E-state index in [2.05, 4.69) is 51.9 Å². The quantitative estimate of drug-likeness (QED) is 0.324. The molecular formula is C11H21NOSi2. The van der Waals surface area contributed by atoms with Gasteiger partial charge in [0, 0.05) is 5.20 Å². The van der Waals surface area contributed by atoms with Crippen LogP contribution in [0.15, 0.2) is 23.6 Å². The Morgan fingerprint density at radius 1 is 1.20 bits per heavy atom. The molecule has 0 radical (unpaired) electrons. The summed E-state index contributed by atoms with van der Waals surface area (Å²) < 4.78 is 5.70. The molecule has 0 heterocycles. The highest BCUT2D eigenvalue weighted by molar-refractivity contribution is 6.84. The predicted octanol–water partition coefficient (Wildman–Crippen LogP) is 3.68. The molecule has 0 aliphatic carbocycles. The van der Waals surface area contributed by atoms with Crippen molar-refractivity contribution in [3.05, 3.63) is 23.6 Å². The van der Waals surface area contributed by atoms with Crippen LogP contribution in [0.5, 0.6) is 0 Å². The van der Waals surface area contributed by atoms with Gasteiger partial charge in [-0.15, -0.1) is 0 Å². The highest BCUT2D eigenvalue weighted by Gasteiger charge is 2.21. The molecule has 84 valence electrons. The van der Waals surface area contributed by atoms with Crippen LogP contribution in [0.25, 0.3) is 0 Å². The van der Waals surface area contributed by atoms with Crippen molar-refractivity contribution in [1.29, 1.82) is 5.26 Å². The molecule has 0 N–H and O–H groups in total. The van der Waals surface area contributed by atoms with Gasteiger partial charge >= 0.3 is 0 Å². The molecule has 0 aromatic rings. The first-order chi connectivity index (χ1) is 6.56. The van der Waals surface area contributed by atoms with Crippen molar-refractivity contribution in [3.8, 4) is 6.07 Å². The number of rotatable bonds is 4. The second-order valence-electron chi connectivity index (χ2n) is 5.60. The standard InChI is InChI=1S/C11H21NOSi2/c1-10(13-15(5,6)7)8-11(9-12)14(2,3)4/h8H,1H2,2-7H3/b11-8+. The summed E-state index contributed by atoms with van der Waals surface area (Å²) in [7, 11) is -3.15. The van der Waals surface area contributed by atoms with E-state index in [4.69, 9.17) is 9.69 Å². The Labute approximate surface area is 95.4 Å². The van der Waals surface area contributed by atoms with Gasteiger partial charge in [0.2, 0.25) is 8.32 Å². The summed E-state index contributed by atoms with van der Waals surface area (Å²) in [5.74, 6) is 0.633. The predicted molar refractivity (Wildman–Crippen MR) is 70.6 cm³/mol. The average Bonchev–Trinajstić information content (AvgIpc) is 1.94. The van der Waals surface area contributed by atoms with E-state index in [1.54, 1.807) is 0 Å². The fourth-order valence-corrected chi connectivity index (χ4v) is 2.78. The third-order valence-electron chi connectivity index (χ3n) is 1.67. The maximum atomic E-state index is 9.04. The van der Waals surface area contributed by atoms with Crippen LogP contribution in [0.3, 0.4) is 0 Å². The van der Waals surface area contributed by atoms with Crippen molar-refractivity contribution >= 4 is 16.4 Å². The Balaban J connectivity index is 4.76. The van der Waals surface area contributed by atoms with Gasteiger partial charge in [-0.25, -0.2) is 0 Å². The zero-order chi connectivity index (χ0) is 12.3. The molecule has 0 spiro atoms. The molecule has 0 saturated heterocycles. The van der Waals surface area contributed by atoms with Gasteiger partial charge in [0.15, 0.2) is 0 Å². The van der Waals surface area contributed by atoms with Crippen LogP contribution in [-0.4, -0.2) is 16.4 Å². The maximum absolute atomic E-state index is 9.04. The highest BCUT2D eigenvalue weighted by atomic mass is 28.4. The van der Waals surface area contributed by atoms with Crippen LogP contribution in [0, 0.1) is 11.3 Å². The molecule has 0 unspecified atom stereocenters. The molecule has 15 heavy (non-hydrogen) atoms. The van der Waals surface area contributed by atoms with Crippen LogP contribution in [-0.2, 0) is 4.43 Å². The lowest BCUT2D eigenvalue weighted by Crippen LogP contribution is -2.26. The molecule has 0 saturated carbocycles. The van der Waals surface area contributed by atoms with Gasteiger partial charge in [-0.1, -0.05) is 26.2 Å². The zero-order valence-corrected chi connectivity index (χ0v) is 12.6. The number of hydrogen-bond acceptors (Lipinski definition) is 2. The Hall–Kier alpha value is -0.796. The van der Waals surface area contributed by atoms with E-state index in [1.165, 1.54) is 0 Å². The summed E-state index contributed by atoms with van der Waals surface area (Å²) in [6, 6.07) is 2.26. The molecular weight excluding hydrogens is 218 g/mol. The molecule has 0 bridgehead atoms. The van der Waals surface area contributed by atoms with Gasteiger partial charge in [-0.05, 0) is 25.7 Å². The van der Waals surface area contributed by atoms with Crippen molar-refractivity contribution < 1.29 is 4.43 Å². The molecule has 2 nitrogen and oxygen atoms in total. The molecule has 0 aromatic heterocycles. The lowest BCUT2D eigenvalue weighted by atomic mass is 10.5. The minimum atomic E-state index is -1.60. The minimum Gasteiger partial charge on any atom is -0.545 e. The van der Waals surface area contributed by atoms with E-state index < -0.39 is 16.4 Å². The molecule has 0 rings (SSSR count). The van der Waals surface area contributed by atoms with Gasteiger partial charge in [0.05, 0.1) is 19.9 Å². The fraction of sp³-hybridized carbons (Fsp3) is 0.545. The van der Waals surface area contributed by atoms with Crippen LogP contribution in [0.4, 0.5) is 0 Å². The number of nitrogens with zero attached hydrogens (tertiary/aromatic N) is 1. The lowest BCUT2D eigenvalue weighted by Gasteiger charge is -2.21. The first kappa shape index (κ1) is 14.2. The van der Waals surface area contributed by atoms with Crippen molar-refractivity contribution in [2.75, 3.05) is 0 Å². The van der Waals surface area contributed by atoms with Crippen LogP contribution >= 0.6 is 0 Å². The smallest absolute Gasteiger partial charge is 0.242 e. The Morgan fingerprint density at radius 3 is 1.93 bits per heavy atom. The topological polar surface area (TPSA) is 33.0 Å². The van der Waals surface area contributed by atoms with E-state index in [-0.39, 0.29) is 0 Å². The lowest BCUT2D eigenvalue weighted by molar-refractivity contribution is 0.444. The molecule has 0 atom stereocenters. The Kier molecular flexibility index (Phi) is 4.56. The number of hydrogen-bond donors (Lipinski definition) is 0. The van der Waals surface area contributed by atoms with E-state index in [0.29, 0.717) is 5.76 Å². The minimum absolute atomic E-state index is 0.633. The third-order valence-corrected chi connectivity index (χ3v) is 4.42. The van der Waals surface area contributed by atoms with Crippen molar-refractivity contribution in [1.82, 2.24) is 0 Å². The van der Waals surface area contributed by atoms with Crippen LogP contribution < -0.4 is 0 Å². The zero-order valence-electron chi connectivity index (χ0n) is 10.6. The summed E-state index contributed by atoms with van der Waals surface area (Å²) in [6.45, 7) is 16.6. The van der Waals surface area contributed by atoms with Crippen molar-refractivity contribution in [2.45, 2.75) is 39.3 Å². The van der Waals surface area contributed by atoms with Crippen molar-refractivity contribution in [3.63, 3.8) is 0 Å². The van der Waals surface area contributed by atoms with Gasteiger partial charge in [0.25, 0.3) is 0 Å². The summed E-state index contributed by atoms with van der Waals surface area (Å²) >= 11 is 0. The molecule has 0 aliphatic rings. The van der Waals surface area contributed by atoms with E-state index in [9.17, 15) is 0 Å². The van der Waals surface area contributed by atoms with E-state index in [0.717, 1.165) is 5.20 Å². The van der Waals surface area contributed by atoms with E-state index >= 15 is 0 Å². The first-order valence-corrected chi connectivity index (χ1v) is 12.0. The van der Waals surface area contributed by atoms with Crippen molar-refractivity contribution in [2.24, 2.45) is 0 Å². The molecule has 0 amide bonds. The second kappa shape index (κ2) is 4.82. The Morgan fingerprint density at radius 2 is 1.67 bits per heavy atom. The monoisotopic (exact) mass is 239 g/mol. The summed E-state index contributed by atoms with van der Waals surface area (Å²) in [5.41, 5.74) is 0. The first-order valence-electron chi connectivity index (χ1n) is 5.06. The molecule has 0 aromatic carbocycles. The fourth-order valence-electron chi connectivity index (χ4n) is 1.00. The van der Waals surface area contributed by atoms with Gasteiger partial charge in [0.1, 0.15) is 0 Å². The van der Waals surface area contributed by atoms with Gasteiger partial charge in [-0.3, -0.25) is 0 Å². The second-order valence-corrected chi connectivity index (χ2v) is 15.1. The normalized spacial score (nSPS) is 13.3. The van der Waals surface area contributed by atoms with E-state index in [1.807, 2.05) is 6.08 Å². The van der Waals surface area contributed by atoms with Gasteiger partial charge in [-0.2, -0.15) is 5.26 Å². The molecule has 0 fully saturated rings. The van der Waals surface area contributed by atoms with Crippen LogP contribution in [0.2, 0.25) is 39.3 Å².